The Morgan fingerprint density at radius 2 is 1.90 bits per heavy atom. The van der Waals surface area contributed by atoms with Gasteiger partial charge in [-0.1, -0.05) is 6.07 Å². The van der Waals surface area contributed by atoms with Crippen LogP contribution in [-0.2, 0) is 17.9 Å². The SMILES string of the molecule is CSCC(=O)N1C[C@@H]2C[C@H](C1)c1ccc(CN3CCN(C(C)C)CC3)c(=O)n1C2. The lowest BCUT2D eigenvalue weighted by Crippen LogP contribution is -2.50. The van der Waals surface area contributed by atoms with E-state index in [1.165, 1.54) is 0 Å². The fourth-order valence-electron chi connectivity index (χ4n) is 5.21. The lowest BCUT2D eigenvalue weighted by Gasteiger charge is -2.43. The quantitative estimate of drug-likeness (QED) is 0.728. The van der Waals surface area contributed by atoms with Gasteiger partial charge in [-0.05, 0) is 38.5 Å². The zero-order chi connectivity index (χ0) is 20.5. The molecule has 4 rings (SSSR count). The highest BCUT2D eigenvalue weighted by molar-refractivity contribution is 7.99. The van der Waals surface area contributed by atoms with Gasteiger partial charge in [0.1, 0.15) is 0 Å². The number of nitrogens with zero attached hydrogens (tertiary/aromatic N) is 4. The molecular weight excluding hydrogens is 384 g/mol. The van der Waals surface area contributed by atoms with E-state index in [0.717, 1.165) is 70.0 Å². The Hall–Kier alpha value is -1.31. The maximum atomic E-state index is 13.3. The predicted molar refractivity (Wildman–Crippen MR) is 118 cm³/mol. The van der Waals surface area contributed by atoms with Crippen molar-refractivity contribution in [1.82, 2.24) is 19.3 Å². The molecule has 0 radical (unpaired) electrons. The molecule has 3 aliphatic rings. The molecule has 0 saturated carbocycles. The second-order valence-corrected chi connectivity index (χ2v) is 10.0. The third-order valence-corrected chi connectivity index (χ3v) is 7.37. The Kier molecular flexibility index (Phi) is 6.37. The second-order valence-electron chi connectivity index (χ2n) is 9.14. The summed E-state index contributed by atoms with van der Waals surface area (Å²) < 4.78 is 2.02. The molecular formula is C22H34N4O2S. The molecule has 0 aliphatic carbocycles. The number of amides is 1. The fraction of sp³-hybridized carbons (Fsp3) is 0.727. The van der Waals surface area contributed by atoms with Crippen molar-refractivity contribution in [1.29, 1.82) is 0 Å². The number of carbonyl (C=O) groups is 1. The van der Waals surface area contributed by atoms with Gasteiger partial charge in [0.15, 0.2) is 0 Å². The minimum Gasteiger partial charge on any atom is -0.341 e. The fourth-order valence-corrected chi connectivity index (χ4v) is 5.64. The predicted octanol–water partition coefficient (Wildman–Crippen LogP) is 1.68. The molecule has 2 atom stereocenters. The first kappa shape index (κ1) is 20.9. The van der Waals surface area contributed by atoms with Crippen molar-refractivity contribution in [3.8, 4) is 0 Å². The van der Waals surface area contributed by atoms with E-state index in [9.17, 15) is 9.59 Å². The normalized spacial score (nSPS) is 25.3. The number of likely N-dealkylation sites (tertiary alicyclic amines) is 1. The van der Waals surface area contributed by atoms with Gasteiger partial charge in [-0.15, -0.1) is 0 Å². The van der Waals surface area contributed by atoms with Gasteiger partial charge in [0, 0.05) is 75.6 Å². The molecule has 0 unspecified atom stereocenters. The zero-order valence-corrected chi connectivity index (χ0v) is 18.8. The number of thioether (sulfide) groups is 1. The number of piperidine rings is 1. The van der Waals surface area contributed by atoms with Crippen LogP contribution >= 0.6 is 11.8 Å². The average molecular weight is 419 g/mol. The van der Waals surface area contributed by atoms with E-state index in [1.54, 1.807) is 11.8 Å². The van der Waals surface area contributed by atoms with Crippen LogP contribution in [0.2, 0.25) is 0 Å². The molecule has 7 heteroatoms. The summed E-state index contributed by atoms with van der Waals surface area (Å²) in [5.41, 5.74) is 2.23. The lowest BCUT2D eigenvalue weighted by atomic mass is 9.83. The standard InChI is InChI=1S/C22H34N4O2S/c1-16(2)24-8-6-23(7-9-24)13-18-4-5-20-19-10-17(12-26(20)22(18)28)11-25(14-19)21(27)15-29-3/h4-5,16-17,19H,6-15H2,1-3H3/t17-,19+/m0/s1. The van der Waals surface area contributed by atoms with E-state index in [4.69, 9.17) is 0 Å². The molecule has 3 aliphatic heterocycles. The topological polar surface area (TPSA) is 48.8 Å². The van der Waals surface area contributed by atoms with Crippen LogP contribution in [0.1, 0.15) is 37.4 Å². The van der Waals surface area contributed by atoms with Crippen molar-refractivity contribution >= 4 is 17.7 Å². The Bertz CT molecular complexity index is 800. The van der Waals surface area contributed by atoms with Gasteiger partial charge in [-0.3, -0.25) is 19.4 Å². The first-order valence-corrected chi connectivity index (χ1v) is 12.3. The number of pyridine rings is 1. The van der Waals surface area contributed by atoms with Crippen LogP contribution in [-0.4, -0.2) is 82.5 Å². The van der Waals surface area contributed by atoms with E-state index < -0.39 is 0 Å². The van der Waals surface area contributed by atoms with Crippen LogP contribution in [0.5, 0.6) is 0 Å². The maximum absolute atomic E-state index is 13.3. The Balaban J connectivity index is 1.47. The monoisotopic (exact) mass is 418 g/mol. The summed E-state index contributed by atoms with van der Waals surface area (Å²) in [7, 11) is 0. The molecule has 1 aromatic heterocycles. The minimum absolute atomic E-state index is 0.187. The van der Waals surface area contributed by atoms with Crippen molar-refractivity contribution < 1.29 is 4.79 Å². The van der Waals surface area contributed by atoms with Crippen molar-refractivity contribution in [3.05, 3.63) is 33.7 Å². The average Bonchev–Trinajstić information content (AvgIpc) is 2.71. The molecule has 4 heterocycles. The molecule has 1 aromatic rings. The smallest absolute Gasteiger partial charge is 0.255 e. The molecule has 0 aromatic carbocycles. The number of rotatable bonds is 5. The Morgan fingerprint density at radius 1 is 1.14 bits per heavy atom. The number of hydrogen-bond acceptors (Lipinski definition) is 5. The van der Waals surface area contributed by atoms with E-state index in [1.807, 2.05) is 21.8 Å². The van der Waals surface area contributed by atoms with Crippen LogP contribution < -0.4 is 5.56 Å². The third-order valence-electron chi connectivity index (χ3n) is 6.83. The molecule has 0 N–H and O–H groups in total. The van der Waals surface area contributed by atoms with Gasteiger partial charge in [-0.25, -0.2) is 0 Å². The third kappa shape index (κ3) is 4.42. The Morgan fingerprint density at radius 3 is 2.59 bits per heavy atom. The molecule has 1 amide bonds. The van der Waals surface area contributed by atoms with Gasteiger partial charge in [0.25, 0.3) is 5.56 Å². The highest BCUT2D eigenvalue weighted by atomic mass is 32.2. The van der Waals surface area contributed by atoms with Crippen molar-refractivity contribution in [2.45, 2.75) is 45.3 Å². The van der Waals surface area contributed by atoms with Crippen molar-refractivity contribution in [3.63, 3.8) is 0 Å². The summed E-state index contributed by atoms with van der Waals surface area (Å²) >= 11 is 1.59. The highest BCUT2D eigenvalue weighted by Crippen LogP contribution is 2.35. The van der Waals surface area contributed by atoms with Crippen LogP contribution in [0.3, 0.4) is 0 Å². The van der Waals surface area contributed by atoms with Gasteiger partial charge in [0.2, 0.25) is 5.91 Å². The molecule has 0 spiro atoms. The van der Waals surface area contributed by atoms with Gasteiger partial charge < -0.3 is 9.47 Å². The number of hydrogen-bond donors (Lipinski definition) is 0. The second kappa shape index (κ2) is 8.82. The van der Waals surface area contributed by atoms with Gasteiger partial charge in [-0.2, -0.15) is 11.8 Å². The van der Waals surface area contributed by atoms with Crippen molar-refractivity contribution in [2.24, 2.45) is 5.92 Å². The van der Waals surface area contributed by atoms with E-state index >= 15 is 0 Å². The lowest BCUT2D eigenvalue weighted by molar-refractivity contribution is -0.131. The number of aromatic nitrogens is 1. The van der Waals surface area contributed by atoms with Crippen LogP contribution in [0.25, 0.3) is 0 Å². The summed E-state index contributed by atoms with van der Waals surface area (Å²) in [6.07, 6.45) is 3.07. The van der Waals surface area contributed by atoms with Crippen molar-refractivity contribution in [2.75, 3.05) is 51.3 Å². The number of carbonyl (C=O) groups excluding carboxylic acids is 1. The molecule has 2 bridgehead atoms. The molecule has 160 valence electrons. The zero-order valence-electron chi connectivity index (χ0n) is 18.0. The molecule has 6 nitrogen and oxygen atoms in total. The van der Waals surface area contributed by atoms with Crippen LogP contribution in [0, 0.1) is 5.92 Å². The number of fused-ring (bicyclic) bond motifs is 4. The maximum Gasteiger partial charge on any atom is 0.255 e. The summed E-state index contributed by atoms with van der Waals surface area (Å²) in [6, 6.07) is 4.80. The van der Waals surface area contributed by atoms with E-state index in [2.05, 4.69) is 29.7 Å². The summed E-state index contributed by atoms with van der Waals surface area (Å²) in [6.45, 7) is 11.8. The van der Waals surface area contributed by atoms with Gasteiger partial charge >= 0.3 is 0 Å². The van der Waals surface area contributed by atoms with E-state index in [-0.39, 0.29) is 11.5 Å². The van der Waals surface area contributed by atoms with E-state index in [0.29, 0.717) is 23.6 Å². The van der Waals surface area contributed by atoms with Crippen LogP contribution in [0.4, 0.5) is 0 Å². The first-order valence-electron chi connectivity index (χ1n) is 10.9. The molecule has 2 fully saturated rings. The summed E-state index contributed by atoms with van der Waals surface area (Å²) in [5, 5.41) is 0. The first-order chi connectivity index (χ1) is 14.0. The van der Waals surface area contributed by atoms with Crippen LogP contribution in [0.15, 0.2) is 16.9 Å². The minimum atomic E-state index is 0.187. The Labute approximate surface area is 178 Å². The summed E-state index contributed by atoms with van der Waals surface area (Å²) in [5.74, 6) is 1.48. The highest BCUT2D eigenvalue weighted by Gasteiger charge is 2.36. The largest absolute Gasteiger partial charge is 0.341 e. The van der Waals surface area contributed by atoms with Gasteiger partial charge in [0.05, 0.1) is 5.75 Å². The number of piperazine rings is 1. The molecule has 29 heavy (non-hydrogen) atoms. The molecule has 2 saturated heterocycles. The summed E-state index contributed by atoms with van der Waals surface area (Å²) in [4.78, 5) is 32.6.